The molecule has 2 atom stereocenters. The van der Waals surface area contributed by atoms with Crippen molar-refractivity contribution >= 4 is 17.7 Å². The van der Waals surface area contributed by atoms with E-state index in [4.69, 9.17) is 0 Å². The average molecular weight is 283 g/mol. The lowest BCUT2D eigenvalue weighted by atomic mass is 9.86. The minimum absolute atomic E-state index is 0.0782. The smallest absolute Gasteiger partial charge is 0.230 e. The summed E-state index contributed by atoms with van der Waals surface area (Å²) >= 11 is 1.39. The molecule has 2 rings (SSSR count). The number of nitrogens with zero attached hydrogens (tertiary/aromatic N) is 4. The molecule has 106 valence electrons. The highest BCUT2D eigenvalue weighted by Crippen LogP contribution is 2.24. The van der Waals surface area contributed by atoms with Crippen molar-refractivity contribution < 1.29 is 4.79 Å². The summed E-state index contributed by atoms with van der Waals surface area (Å²) in [5.74, 6) is 1.04. The van der Waals surface area contributed by atoms with E-state index in [-0.39, 0.29) is 5.91 Å². The molecule has 1 N–H and O–H groups in total. The van der Waals surface area contributed by atoms with Gasteiger partial charge in [-0.1, -0.05) is 31.5 Å². The molecule has 1 aromatic rings. The van der Waals surface area contributed by atoms with E-state index in [1.54, 1.807) is 4.68 Å². The van der Waals surface area contributed by atoms with Gasteiger partial charge in [-0.05, 0) is 36.1 Å². The van der Waals surface area contributed by atoms with Gasteiger partial charge in [0.05, 0.1) is 5.75 Å². The Labute approximate surface area is 117 Å². The van der Waals surface area contributed by atoms with E-state index < -0.39 is 0 Å². The van der Waals surface area contributed by atoms with Crippen molar-refractivity contribution in [3.05, 3.63) is 0 Å². The molecule has 19 heavy (non-hydrogen) atoms. The number of amides is 1. The van der Waals surface area contributed by atoms with Gasteiger partial charge in [-0.3, -0.25) is 4.79 Å². The molecule has 1 saturated carbocycles. The summed E-state index contributed by atoms with van der Waals surface area (Å²) in [7, 11) is 0. The number of aryl methyl sites for hydroxylation is 1. The molecule has 0 bridgehead atoms. The Morgan fingerprint density at radius 1 is 1.47 bits per heavy atom. The molecule has 1 heterocycles. The van der Waals surface area contributed by atoms with Crippen molar-refractivity contribution in [2.24, 2.45) is 5.92 Å². The van der Waals surface area contributed by atoms with Gasteiger partial charge in [-0.15, -0.1) is 5.10 Å². The Hall–Kier alpha value is -1.11. The van der Waals surface area contributed by atoms with Crippen LogP contribution in [0.3, 0.4) is 0 Å². The topological polar surface area (TPSA) is 72.7 Å². The minimum Gasteiger partial charge on any atom is -0.352 e. The molecule has 6 nitrogen and oxygen atoms in total. The molecular weight excluding hydrogens is 262 g/mol. The van der Waals surface area contributed by atoms with E-state index in [2.05, 4.69) is 27.8 Å². The van der Waals surface area contributed by atoms with Crippen LogP contribution in [0.25, 0.3) is 0 Å². The molecule has 1 amide bonds. The van der Waals surface area contributed by atoms with Gasteiger partial charge in [0.1, 0.15) is 0 Å². The molecule has 0 aliphatic heterocycles. The van der Waals surface area contributed by atoms with Gasteiger partial charge in [-0.25, -0.2) is 4.68 Å². The first-order valence-electron chi connectivity index (χ1n) is 6.89. The van der Waals surface area contributed by atoms with Crippen molar-refractivity contribution in [3.63, 3.8) is 0 Å². The van der Waals surface area contributed by atoms with E-state index in [1.807, 2.05) is 6.92 Å². The predicted molar refractivity (Wildman–Crippen MR) is 73.8 cm³/mol. The lowest BCUT2D eigenvalue weighted by Crippen LogP contribution is -2.41. The van der Waals surface area contributed by atoms with Crippen LogP contribution in [0.2, 0.25) is 0 Å². The highest BCUT2D eigenvalue weighted by Gasteiger charge is 2.22. The summed E-state index contributed by atoms with van der Waals surface area (Å²) in [6, 6.07) is 0.337. The van der Waals surface area contributed by atoms with Crippen LogP contribution in [0.15, 0.2) is 5.16 Å². The number of carbonyl (C=O) groups is 1. The van der Waals surface area contributed by atoms with Crippen molar-refractivity contribution in [1.82, 2.24) is 25.5 Å². The monoisotopic (exact) mass is 283 g/mol. The second-order valence-electron chi connectivity index (χ2n) is 5.00. The third kappa shape index (κ3) is 3.92. The molecule has 7 heteroatoms. The number of aromatic nitrogens is 4. The van der Waals surface area contributed by atoms with Crippen molar-refractivity contribution in [2.75, 3.05) is 5.75 Å². The summed E-state index contributed by atoms with van der Waals surface area (Å²) in [6.07, 6.45) is 4.82. The van der Waals surface area contributed by atoms with Gasteiger partial charge in [0.25, 0.3) is 0 Å². The first-order chi connectivity index (χ1) is 9.20. The fourth-order valence-corrected chi connectivity index (χ4v) is 3.16. The zero-order valence-corrected chi connectivity index (χ0v) is 12.3. The van der Waals surface area contributed by atoms with Gasteiger partial charge >= 0.3 is 0 Å². The van der Waals surface area contributed by atoms with Crippen molar-refractivity contribution in [1.29, 1.82) is 0 Å². The molecule has 1 aliphatic carbocycles. The molecule has 1 fully saturated rings. The standard InChI is InChI=1S/C12H21N5OS/c1-3-17-12(14-15-16-17)19-8-11(18)13-10-7-5-4-6-9(10)2/h9-10H,3-8H2,1-2H3,(H,13,18)/t9-,10+/m0/s1. The fraction of sp³-hybridized carbons (Fsp3) is 0.833. The number of rotatable bonds is 5. The van der Waals surface area contributed by atoms with Crippen LogP contribution in [-0.4, -0.2) is 37.9 Å². The molecule has 0 spiro atoms. The van der Waals surface area contributed by atoms with Gasteiger partial charge in [0.2, 0.25) is 11.1 Å². The second kappa shape index (κ2) is 6.88. The normalized spacial score (nSPS) is 23.3. The highest BCUT2D eigenvalue weighted by atomic mass is 32.2. The number of thioether (sulfide) groups is 1. The molecule has 1 aromatic heterocycles. The van der Waals surface area contributed by atoms with E-state index in [9.17, 15) is 4.79 Å². The van der Waals surface area contributed by atoms with Crippen LogP contribution in [0.4, 0.5) is 0 Å². The predicted octanol–water partition coefficient (Wildman–Crippen LogP) is 1.48. The summed E-state index contributed by atoms with van der Waals surface area (Å²) in [5.41, 5.74) is 0. The molecule has 0 aromatic carbocycles. The third-order valence-corrected chi connectivity index (χ3v) is 4.55. The third-order valence-electron chi connectivity index (χ3n) is 3.59. The fourth-order valence-electron chi connectivity index (χ4n) is 2.41. The molecule has 0 saturated heterocycles. The number of nitrogens with one attached hydrogen (secondary N) is 1. The maximum Gasteiger partial charge on any atom is 0.230 e. The molecule has 0 unspecified atom stereocenters. The zero-order chi connectivity index (χ0) is 13.7. The Morgan fingerprint density at radius 3 is 3.00 bits per heavy atom. The van der Waals surface area contributed by atoms with Crippen LogP contribution in [0, 0.1) is 5.92 Å². The summed E-state index contributed by atoms with van der Waals surface area (Å²) in [6.45, 7) is 4.91. The quantitative estimate of drug-likeness (QED) is 0.829. The Morgan fingerprint density at radius 2 is 2.26 bits per heavy atom. The summed E-state index contributed by atoms with van der Waals surface area (Å²) in [4.78, 5) is 11.9. The van der Waals surface area contributed by atoms with E-state index in [1.165, 1.54) is 31.0 Å². The number of tetrazole rings is 1. The van der Waals surface area contributed by atoms with Crippen LogP contribution in [0.5, 0.6) is 0 Å². The number of hydrogen-bond donors (Lipinski definition) is 1. The maximum atomic E-state index is 11.9. The molecular formula is C12H21N5OS. The highest BCUT2D eigenvalue weighted by molar-refractivity contribution is 7.99. The number of carbonyl (C=O) groups excluding carboxylic acids is 1. The lowest BCUT2D eigenvalue weighted by Gasteiger charge is -2.29. The van der Waals surface area contributed by atoms with Gasteiger partial charge in [-0.2, -0.15) is 0 Å². The average Bonchev–Trinajstić information content (AvgIpc) is 2.86. The first kappa shape index (κ1) is 14.3. The molecule has 0 radical (unpaired) electrons. The Kier molecular flexibility index (Phi) is 5.18. The molecule has 1 aliphatic rings. The number of hydrogen-bond acceptors (Lipinski definition) is 5. The van der Waals surface area contributed by atoms with Crippen LogP contribution >= 0.6 is 11.8 Å². The van der Waals surface area contributed by atoms with Gasteiger partial charge in [0.15, 0.2) is 0 Å². The van der Waals surface area contributed by atoms with Crippen molar-refractivity contribution in [3.8, 4) is 0 Å². The van der Waals surface area contributed by atoms with E-state index in [0.29, 0.717) is 22.9 Å². The lowest BCUT2D eigenvalue weighted by molar-refractivity contribution is -0.119. The van der Waals surface area contributed by atoms with Crippen LogP contribution in [0.1, 0.15) is 39.5 Å². The Balaban J connectivity index is 1.78. The summed E-state index contributed by atoms with van der Waals surface area (Å²) < 4.78 is 1.70. The minimum atomic E-state index is 0.0782. The van der Waals surface area contributed by atoms with E-state index >= 15 is 0 Å². The van der Waals surface area contributed by atoms with Crippen LogP contribution < -0.4 is 5.32 Å². The van der Waals surface area contributed by atoms with Crippen molar-refractivity contribution in [2.45, 2.75) is 57.3 Å². The second-order valence-corrected chi connectivity index (χ2v) is 5.94. The van der Waals surface area contributed by atoms with Crippen LogP contribution in [-0.2, 0) is 11.3 Å². The largest absolute Gasteiger partial charge is 0.352 e. The summed E-state index contributed by atoms with van der Waals surface area (Å²) in [5, 5.41) is 15.2. The van der Waals surface area contributed by atoms with Gasteiger partial charge < -0.3 is 5.32 Å². The maximum absolute atomic E-state index is 11.9. The van der Waals surface area contributed by atoms with Gasteiger partial charge in [0, 0.05) is 12.6 Å². The Bertz CT molecular complexity index is 422. The SMILES string of the molecule is CCn1nnnc1SCC(=O)N[C@@H]1CCCC[C@@H]1C. The van der Waals surface area contributed by atoms with E-state index in [0.717, 1.165) is 13.0 Å². The zero-order valence-electron chi connectivity index (χ0n) is 11.5. The first-order valence-corrected chi connectivity index (χ1v) is 7.87.